The molecule has 1 aliphatic heterocycles. The minimum absolute atomic E-state index is 0. The van der Waals surface area contributed by atoms with Crippen molar-refractivity contribution >= 4 is 29.9 Å². The van der Waals surface area contributed by atoms with Gasteiger partial charge in [0.25, 0.3) is 0 Å². The molecule has 1 aromatic heterocycles. The van der Waals surface area contributed by atoms with E-state index in [0.29, 0.717) is 18.5 Å². The molecule has 2 rings (SSSR count). The second-order valence-corrected chi connectivity index (χ2v) is 6.09. The molecule has 0 aromatic carbocycles. The lowest BCUT2D eigenvalue weighted by atomic mass is 10.0. The van der Waals surface area contributed by atoms with Crippen LogP contribution in [0.3, 0.4) is 0 Å². The summed E-state index contributed by atoms with van der Waals surface area (Å²) < 4.78 is 5.46. The summed E-state index contributed by atoms with van der Waals surface area (Å²) in [7, 11) is 1.80. The van der Waals surface area contributed by atoms with E-state index in [1.54, 1.807) is 13.2 Å². The molecule has 1 aliphatic rings. The number of nitrogens with one attached hydrogen (secondary N) is 2. The number of guanidine groups is 1. The molecule has 0 spiro atoms. The predicted octanol–water partition coefficient (Wildman–Crippen LogP) is 1.72. The Morgan fingerprint density at radius 1 is 1.29 bits per heavy atom. The first-order valence-corrected chi connectivity index (χ1v) is 8.37. The second kappa shape index (κ2) is 11.6. The Hall–Kier alpha value is -0.930. The Labute approximate surface area is 162 Å². The standard InChI is InChI=1S/C17H29N5O.HI/c1-14(2)16(22-8-10-23-11-9-22)13-21-17(18-3)20-12-15-6-4-5-7-19-15;/h4-7,14,16H,8-13H2,1-3H3,(H2,18,20,21);1H. The van der Waals surface area contributed by atoms with Gasteiger partial charge in [-0.3, -0.25) is 14.9 Å². The topological polar surface area (TPSA) is 61.8 Å². The monoisotopic (exact) mass is 447 g/mol. The average Bonchev–Trinajstić information content (AvgIpc) is 2.59. The molecular weight excluding hydrogens is 417 g/mol. The van der Waals surface area contributed by atoms with Gasteiger partial charge in [-0.1, -0.05) is 19.9 Å². The van der Waals surface area contributed by atoms with Gasteiger partial charge in [0.1, 0.15) is 0 Å². The molecule has 0 bridgehead atoms. The van der Waals surface area contributed by atoms with Crippen molar-refractivity contribution in [3.05, 3.63) is 30.1 Å². The fourth-order valence-electron chi connectivity index (χ4n) is 2.79. The van der Waals surface area contributed by atoms with Gasteiger partial charge in [0, 0.05) is 38.9 Å². The third-order valence-corrected chi connectivity index (χ3v) is 4.15. The lowest BCUT2D eigenvalue weighted by Gasteiger charge is -2.37. The molecule has 136 valence electrons. The van der Waals surface area contributed by atoms with E-state index in [9.17, 15) is 0 Å². The van der Waals surface area contributed by atoms with Crippen LogP contribution in [-0.4, -0.2) is 61.8 Å². The largest absolute Gasteiger partial charge is 0.379 e. The van der Waals surface area contributed by atoms with Crippen molar-refractivity contribution < 1.29 is 4.74 Å². The lowest BCUT2D eigenvalue weighted by Crippen LogP contribution is -2.52. The van der Waals surface area contributed by atoms with E-state index < -0.39 is 0 Å². The smallest absolute Gasteiger partial charge is 0.191 e. The maximum atomic E-state index is 5.46. The van der Waals surface area contributed by atoms with Crippen molar-refractivity contribution in [1.82, 2.24) is 20.5 Å². The summed E-state index contributed by atoms with van der Waals surface area (Å²) in [5.41, 5.74) is 1.00. The molecule has 7 heteroatoms. The van der Waals surface area contributed by atoms with Gasteiger partial charge in [-0.05, 0) is 18.1 Å². The fourth-order valence-corrected chi connectivity index (χ4v) is 2.79. The van der Waals surface area contributed by atoms with Crippen LogP contribution in [0.25, 0.3) is 0 Å². The van der Waals surface area contributed by atoms with Gasteiger partial charge >= 0.3 is 0 Å². The number of aromatic nitrogens is 1. The summed E-state index contributed by atoms with van der Waals surface area (Å²) >= 11 is 0. The predicted molar refractivity (Wildman–Crippen MR) is 109 cm³/mol. The van der Waals surface area contributed by atoms with Crippen molar-refractivity contribution in [3.63, 3.8) is 0 Å². The molecule has 0 radical (unpaired) electrons. The zero-order valence-electron chi connectivity index (χ0n) is 14.9. The van der Waals surface area contributed by atoms with Crippen LogP contribution in [0.1, 0.15) is 19.5 Å². The Morgan fingerprint density at radius 3 is 2.62 bits per heavy atom. The molecule has 2 heterocycles. The normalized spacial score (nSPS) is 17.2. The SMILES string of the molecule is CN=C(NCc1ccccn1)NCC(C(C)C)N1CCOCC1.I. The summed E-state index contributed by atoms with van der Waals surface area (Å²) in [6.07, 6.45) is 1.81. The molecule has 1 aromatic rings. The average molecular weight is 447 g/mol. The van der Waals surface area contributed by atoms with Crippen LogP contribution in [0, 0.1) is 5.92 Å². The lowest BCUT2D eigenvalue weighted by molar-refractivity contribution is 0.00752. The van der Waals surface area contributed by atoms with Gasteiger partial charge in [0.05, 0.1) is 25.5 Å². The fraction of sp³-hybridized carbons (Fsp3) is 0.647. The zero-order valence-corrected chi connectivity index (χ0v) is 17.2. The van der Waals surface area contributed by atoms with Crippen LogP contribution in [0.2, 0.25) is 0 Å². The van der Waals surface area contributed by atoms with Crippen LogP contribution >= 0.6 is 24.0 Å². The summed E-state index contributed by atoms with van der Waals surface area (Å²) in [5, 5.41) is 6.76. The molecular formula is C17H30IN5O. The first kappa shape index (κ1) is 21.1. The highest BCUT2D eigenvalue weighted by Gasteiger charge is 2.23. The summed E-state index contributed by atoms with van der Waals surface area (Å²) in [5.74, 6) is 1.39. The molecule has 0 amide bonds. The van der Waals surface area contributed by atoms with Crippen LogP contribution < -0.4 is 10.6 Å². The number of halogens is 1. The third kappa shape index (κ3) is 6.90. The molecule has 1 fully saturated rings. The van der Waals surface area contributed by atoms with E-state index in [0.717, 1.165) is 44.5 Å². The number of nitrogens with zero attached hydrogens (tertiary/aromatic N) is 3. The van der Waals surface area contributed by atoms with Crippen molar-refractivity contribution in [2.75, 3.05) is 39.9 Å². The molecule has 1 atom stereocenters. The summed E-state index contributed by atoms with van der Waals surface area (Å²) in [6.45, 7) is 9.75. The highest BCUT2D eigenvalue weighted by Crippen LogP contribution is 2.12. The molecule has 2 N–H and O–H groups in total. The number of rotatable bonds is 6. The number of pyridine rings is 1. The van der Waals surface area contributed by atoms with Crippen LogP contribution in [-0.2, 0) is 11.3 Å². The van der Waals surface area contributed by atoms with Crippen LogP contribution in [0.4, 0.5) is 0 Å². The zero-order chi connectivity index (χ0) is 16.5. The number of hydrogen-bond donors (Lipinski definition) is 2. The molecule has 1 saturated heterocycles. The maximum absolute atomic E-state index is 5.46. The Balaban J connectivity index is 0.00000288. The van der Waals surface area contributed by atoms with E-state index in [-0.39, 0.29) is 24.0 Å². The number of ether oxygens (including phenoxy) is 1. The van der Waals surface area contributed by atoms with E-state index in [2.05, 4.69) is 39.4 Å². The van der Waals surface area contributed by atoms with Crippen molar-refractivity contribution in [2.45, 2.75) is 26.4 Å². The van der Waals surface area contributed by atoms with Crippen LogP contribution in [0.15, 0.2) is 29.4 Å². The highest BCUT2D eigenvalue weighted by atomic mass is 127. The molecule has 1 unspecified atom stereocenters. The van der Waals surface area contributed by atoms with Crippen molar-refractivity contribution in [3.8, 4) is 0 Å². The molecule has 0 aliphatic carbocycles. The maximum Gasteiger partial charge on any atom is 0.191 e. The minimum atomic E-state index is 0. The summed E-state index contributed by atoms with van der Waals surface area (Å²) in [6, 6.07) is 6.40. The van der Waals surface area contributed by atoms with E-state index in [4.69, 9.17) is 4.74 Å². The van der Waals surface area contributed by atoms with Gasteiger partial charge in [-0.2, -0.15) is 0 Å². The first-order valence-electron chi connectivity index (χ1n) is 8.37. The van der Waals surface area contributed by atoms with Gasteiger partial charge in [0.2, 0.25) is 0 Å². The van der Waals surface area contributed by atoms with Crippen LogP contribution in [0.5, 0.6) is 0 Å². The number of hydrogen-bond acceptors (Lipinski definition) is 4. The van der Waals surface area contributed by atoms with E-state index >= 15 is 0 Å². The Bertz CT molecular complexity index is 477. The molecule has 0 saturated carbocycles. The Morgan fingerprint density at radius 2 is 2.04 bits per heavy atom. The van der Waals surface area contributed by atoms with E-state index in [1.165, 1.54) is 0 Å². The number of morpholine rings is 1. The van der Waals surface area contributed by atoms with Crippen molar-refractivity contribution in [2.24, 2.45) is 10.9 Å². The number of aliphatic imine (C=N–C) groups is 1. The molecule has 6 nitrogen and oxygen atoms in total. The quantitative estimate of drug-likeness (QED) is 0.395. The second-order valence-electron chi connectivity index (χ2n) is 6.09. The highest BCUT2D eigenvalue weighted by molar-refractivity contribution is 14.0. The van der Waals surface area contributed by atoms with Gasteiger partial charge in [-0.15, -0.1) is 24.0 Å². The van der Waals surface area contributed by atoms with Gasteiger partial charge in [0.15, 0.2) is 5.96 Å². The minimum Gasteiger partial charge on any atom is -0.379 e. The first-order chi connectivity index (χ1) is 11.2. The van der Waals surface area contributed by atoms with E-state index in [1.807, 2.05) is 18.2 Å². The van der Waals surface area contributed by atoms with Crippen molar-refractivity contribution in [1.29, 1.82) is 0 Å². The molecule has 24 heavy (non-hydrogen) atoms. The van der Waals surface area contributed by atoms with Gasteiger partial charge < -0.3 is 15.4 Å². The third-order valence-electron chi connectivity index (χ3n) is 4.15. The van der Waals surface area contributed by atoms with Gasteiger partial charge in [-0.25, -0.2) is 0 Å². The summed E-state index contributed by atoms with van der Waals surface area (Å²) in [4.78, 5) is 11.1. The Kier molecular flexibility index (Phi) is 10.2.